The number of halogens is 1. The zero-order chi connectivity index (χ0) is 37.2. The van der Waals surface area contributed by atoms with Crippen molar-refractivity contribution >= 4 is 39.0 Å². The molecule has 4 rings (SSSR count). The van der Waals surface area contributed by atoms with Crippen LogP contribution in [-0.4, -0.2) is 94.9 Å². The fourth-order valence-corrected chi connectivity index (χ4v) is 8.13. The number of likely N-dealkylation sites (tertiary alicyclic amines) is 1. The molecule has 1 aliphatic heterocycles. The molecule has 4 unspecified atom stereocenters. The number of aryl methyl sites for hydroxylation is 1. The van der Waals surface area contributed by atoms with Crippen LogP contribution in [0.4, 0.5) is 0 Å². The molecule has 0 radical (unpaired) electrons. The second kappa shape index (κ2) is 15.8. The highest BCUT2D eigenvalue weighted by Gasteiger charge is 2.46. The molecule has 2 aromatic rings. The van der Waals surface area contributed by atoms with Crippen LogP contribution in [-0.2, 0) is 19.4 Å². The highest BCUT2D eigenvalue weighted by molar-refractivity contribution is 7.92. The summed E-state index contributed by atoms with van der Waals surface area (Å²) in [6, 6.07) is 8.47. The Morgan fingerprint density at radius 2 is 1.68 bits per heavy atom. The normalized spacial score (nSPS) is 22.8. The van der Waals surface area contributed by atoms with Gasteiger partial charge in [0.15, 0.2) is 15.6 Å². The van der Waals surface area contributed by atoms with Gasteiger partial charge in [-0.15, -0.1) is 0 Å². The number of hydrogen-bond donors (Lipinski definition) is 4. The summed E-state index contributed by atoms with van der Waals surface area (Å²) in [6.45, 7) is 10.8. The van der Waals surface area contributed by atoms with Gasteiger partial charge >= 0.3 is 0 Å². The molecular weight excluding hydrogens is 678 g/mol. The molecule has 2 fully saturated rings. The van der Waals surface area contributed by atoms with E-state index in [9.17, 15) is 27.9 Å². The molecule has 0 bridgehead atoms. The first kappa shape index (κ1) is 39.9. The SMILES string of the molecule is Cc1cc(C(=O)C(c2ccccc2)C(NC(=O)[C@@H](N)C(C)(C)S(C)(=O)=O)C(O)CN2C[C@H]3CCCC[C@H]3CC2C(=O)NC(C)(C)C)cc(Cl)n1. The van der Waals surface area contributed by atoms with Gasteiger partial charge in [-0.25, -0.2) is 13.4 Å². The summed E-state index contributed by atoms with van der Waals surface area (Å²) >= 11 is 6.28. The molecule has 2 amide bonds. The van der Waals surface area contributed by atoms with E-state index in [0.29, 0.717) is 36.1 Å². The third-order valence-corrected chi connectivity index (χ3v) is 12.8. The minimum atomic E-state index is -3.80. The number of ketones is 1. The van der Waals surface area contributed by atoms with Crippen LogP contribution >= 0.6 is 11.6 Å². The molecule has 5 N–H and O–H groups in total. The zero-order valence-electron chi connectivity index (χ0n) is 30.3. The number of pyridine rings is 1. The summed E-state index contributed by atoms with van der Waals surface area (Å²) in [7, 11) is -3.80. The number of aliphatic hydroxyl groups excluding tert-OH is 1. The average molecular weight is 732 g/mol. The molecule has 1 aromatic heterocycles. The number of rotatable bonds is 12. The molecule has 50 heavy (non-hydrogen) atoms. The van der Waals surface area contributed by atoms with Gasteiger partial charge in [0.05, 0.1) is 28.9 Å². The number of amides is 2. The number of sulfone groups is 1. The second-order valence-corrected chi connectivity index (χ2v) is 18.8. The maximum Gasteiger partial charge on any atom is 0.238 e. The molecule has 1 saturated carbocycles. The van der Waals surface area contributed by atoms with Crippen molar-refractivity contribution in [2.24, 2.45) is 17.6 Å². The van der Waals surface area contributed by atoms with Gasteiger partial charge in [0.25, 0.3) is 0 Å². The Bertz CT molecular complexity index is 1630. The number of nitrogens with zero attached hydrogens (tertiary/aromatic N) is 2. The minimum absolute atomic E-state index is 0.0339. The summed E-state index contributed by atoms with van der Waals surface area (Å²) < 4.78 is 23.7. The quantitative estimate of drug-likeness (QED) is 0.187. The maximum absolute atomic E-state index is 14.6. The van der Waals surface area contributed by atoms with Crippen LogP contribution in [0.25, 0.3) is 0 Å². The molecule has 1 aliphatic carbocycles. The van der Waals surface area contributed by atoms with Gasteiger partial charge in [-0.05, 0) is 83.9 Å². The molecule has 276 valence electrons. The first-order chi connectivity index (χ1) is 23.2. The lowest BCUT2D eigenvalue weighted by Gasteiger charge is -2.47. The van der Waals surface area contributed by atoms with Crippen LogP contribution in [0.3, 0.4) is 0 Å². The van der Waals surface area contributed by atoms with Gasteiger partial charge in [-0.2, -0.15) is 0 Å². The number of carbonyl (C=O) groups excluding carboxylic acids is 3. The lowest BCUT2D eigenvalue weighted by atomic mass is 9.72. The van der Waals surface area contributed by atoms with Crippen LogP contribution in [0.5, 0.6) is 0 Å². The Hall–Kier alpha value is -2.90. The van der Waals surface area contributed by atoms with E-state index in [0.717, 1.165) is 31.9 Å². The molecule has 7 atom stereocenters. The highest BCUT2D eigenvalue weighted by Crippen LogP contribution is 2.39. The Balaban J connectivity index is 1.79. The second-order valence-electron chi connectivity index (χ2n) is 15.8. The number of aromatic nitrogens is 1. The molecular formula is C37H54ClN5O6S. The Labute approximate surface area is 302 Å². The maximum atomic E-state index is 14.6. The van der Waals surface area contributed by atoms with Crippen LogP contribution in [0.15, 0.2) is 42.5 Å². The van der Waals surface area contributed by atoms with Crippen molar-refractivity contribution in [1.82, 2.24) is 20.5 Å². The topological polar surface area (TPSA) is 172 Å². The number of benzene rings is 1. The molecule has 1 aromatic carbocycles. The third-order valence-electron chi connectivity index (χ3n) is 10.4. The third kappa shape index (κ3) is 9.50. The number of hydrogen-bond acceptors (Lipinski definition) is 9. The summed E-state index contributed by atoms with van der Waals surface area (Å²) in [6.07, 6.45) is 4.55. The molecule has 0 spiro atoms. The van der Waals surface area contributed by atoms with Crippen molar-refractivity contribution in [3.8, 4) is 0 Å². The number of carbonyl (C=O) groups is 3. The summed E-state index contributed by atoms with van der Waals surface area (Å²) in [4.78, 5) is 48.4. The van der Waals surface area contributed by atoms with E-state index in [2.05, 4.69) is 15.6 Å². The van der Waals surface area contributed by atoms with E-state index in [1.54, 1.807) is 43.3 Å². The van der Waals surface area contributed by atoms with E-state index in [-0.39, 0.29) is 23.2 Å². The Morgan fingerprint density at radius 1 is 1.06 bits per heavy atom. The molecule has 2 heterocycles. The van der Waals surface area contributed by atoms with E-state index in [1.807, 2.05) is 25.7 Å². The lowest BCUT2D eigenvalue weighted by Crippen LogP contribution is -2.63. The zero-order valence-corrected chi connectivity index (χ0v) is 31.9. The fraction of sp³-hybridized carbons (Fsp3) is 0.622. The molecule has 1 saturated heterocycles. The fourth-order valence-electron chi connectivity index (χ4n) is 7.31. The number of nitrogens with one attached hydrogen (secondary N) is 2. The van der Waals surface area contributed by atoms with Crippen molar-refractivity contribution in [1.29, 1.82) is 0 Å². The predicted molar refractivity (Wildman–Crippen MR) is 196 cm³/mol. The minimum Gasteiger partial charge on any atom is -0.390 e. The first-order valence-electron chi connectivity index (χ1n) is 17.4. The largest absolute Gasteiger partial charge is 0.390 e. The van der Waals surface area contributed by atoms with Gasteiger partial charge in [-0.1, -0.05) is 61.2 Å². The number of piperidine rings is 1. The predicted octanol–water partition coefficient (Wildman–Crippen LogP) is 3.80. The summed E-state index contributed by atoms with van der Waals surface area (Å²) in [5, 5.41) is 18.3. The van der Waals surface area contributed by atoms with Crippen LogP contribution in [0.2, 0.25) is 5.15 Å². The first-order valence-corrected chi connectivity index (χ1v) is 19.7. The highest BCUT2D eigenvalue weighted by atomic mass is 35.5. The van der Waals surface area contributed by atoms with Gasteiger partial charge < -0.3 is 21.5 Å². The van der Waals surface area contributed by atoms with Crippen LogP contribution < -0.4 is 16.4 Å². The summed E-state index contributed by atoms with van der Waals surface area (Å²) in [5.74, 6) is -1.82. The van der Waals surface area contributed by atoms with Crippen molar-refractivity contribution in [2.75, 3.05) is 19.3 Å². The van der Waals surface area contributed by atoms with E-state index >= 15 is 0 Å². The van der Waals surface area contributed by atoms with Crippen molar-refractivity contribution in [2.45, 2.75) is 114 Å². The van der Waals surface area contributed by atoms with E-state index < -0.39 is 62.0 Å². The van der Waals surface area contributed by atoms with E-state index in [1.165, 1.54) is 19.9 Å². The van der Waals surface area contributed by atoms with Crippen LogP contribution in [0, 0.1) is 18.8 Å². The van der Waals surface area contributed by atoms with Gasteiger partial charge in [0, 0.05) is 36.1 Å². The average Bonchev–Trinajstić information content (AvgIpc) is 3.02. The number of fused-ring (bicyclic) bond motifs is 1. The van der Waals surface area contributed by atoms with Crippen molar-refractivity contribution < 1.29 is 27.9 Å². The van der Waals surface area contributed by atoms with E-state index in [4.69, 9.17) is 17.3 Å². The van der Waals surface area contributed by atoms with Gasteiger partial charge in [0.2, 0.25) is 11.8 Å². The number of Topliss-reactive ketones (excluding diaryl/α,β-unsaturated/α-hetero) is 1. The smallest absolute Gasteiger partial charge is 0.238 e. The Morgan fingerprint density at radius 3 is 2.26 bits per heavy atom. The molecule has 2 aliphatic rings. The molecule has 13 heteroatoms. The lowest BCUT2D eigenvalue weighted by molar-refractivity contribution is -0.133. The number of nitrogens with two attached hydrogens (primary N) is 1. The van der Waals surface area contributed by atoms with Gasteiger partial charge in [-0.3, -0.25) is 19.3 Å². The van der Waals surface area contributed by atoms with Gasteiger partial charge in [0.1, 0.15) is 11.2 Å². The molecule has 11 nitrogen and oxygen atoms in total. The number of aliphatic hydroxyl groups is 1. The standard InChI is InChI=1S/C37H54ClN5O6S/c1-22-17-26(19-29(38)40-22)32(45)30(23-13-9-8-10-14-23)31(41-35(47)33(39)37(5,6)50(7,48)49)28(44)21-43-20-25-16-12-11-15-24(25)18-27(43)34(46)42-36(2,3)4/h8-10,13-14,17,19,24-25,27-28,30-31,33,44H,11-12,15-16,18,20-21,39H2,1-7H3,(H,41,47)(H,42,46)/t24-,25+,27?,28?,30?,31?,33+/m0/s1. The van der Waals surface area contributed by atoms with Crippen LogP contribution in [0.1, 0.15) is 94.3 Å². The van der Waals surface area contributed by atoms with Crippen molar-refractivity contribution in [3.05, 3.63) is 64.4 Å². The number of β-amino-alcohol motifs (C(OH)–C–C–N with tert-alkyl or cyclic N) is 1. The monoisotopic (exact) mass is 731 g/mol. The Kier molecular flexibility index (Phi) is 12.6. The summed E-state index contributed by atoms with van der Waals surface area (Å²) in [5.41, 5.74) is 7.10. The van der Waals surface area contributed by atoms with Crippen molar-refractivity contribution in [3.63, 3.8) is 0 Å².